The molecule has 0 aliphatic carbocycles. The largest absolute Gasteiger partial charge is 0.469 e. The van der Waals surface area contributed by atoms with Crippen LogP contribution in [0.2, 0.25) is 0 Å². The van der Waals surface area contributed by atoms with Gasteiger partial charge in [-0.25, -0.2) is 0 Å². The summed E-state index contributed by atoms with van der Waals surface area (Å²) in [5.41, 5.74) is 0. The monoisotopic (exact) mass is 250 g/mol. The number of likely N-dealkylation sites (tertiary alicyclic amines) is 1. The Hall–Kier alpha value is -0.800. The van der Waals surface area contributed by atoms with E-state index in [4.69, 9.17) is 4.42 Å². The SMILES string of the molecule is CCCNC1CCN(CCc2ccco2)CC1C. The molecule has 3 nitrogen and oxygen atoms in total. The van der Waals surface area contributed by atoms with E-state index in [0.717, 1.165) is 31.2 Å². The Labute approximate surface area is 111 Å². The molecule has 2 unspecified atom stereocenters. The smallest absolute Gasteiger partial charge is 0.105 e. The van der Waals surface area contributed by atoms with E-state index in [0.29, 0.717) is 6.04 Å². The number of piperidine rings is 1. The molecule has 1 aliphatic heterocycles. The summed E-state index contributed by atoms with van der Waals surface area (Å²) in [7, 11) is 0. The molecule has 2 heterocycles. The van der Waals surface area contributed by atoms with Gasteiger partial charge in [-0.1, -0.05) is 13.8 Å². The van der Waals surface area contributed by atoms with Gasteiger partial charge in [-0.2, -0.15) is 0 Å². The topological polar surface area (TPSA) is 28.4 Å². The molecule has 1 N–H and O–H groups in total. The summed E-state index contributed by atoms with van der Waals surface area (Å²) in [6, 6.07) is 4.75. The van der Waals surface area contributed by atoms with Crippen LogP contribution in [0.4, 0.5) is 0 Å². The second-order valence-electron chi connectivity index (χ2n) is 5.46. The van der Waals surface area contributed by atoms with Gasteiger partial charge in [0, 0.05) is 25.6 Å². The lowest BCUT2D eigenvalue weighted by Gasteiger charge is -2.37. The predicted octanol–water partition coefficient (Wildman–Crippen LogP) is 2.53. The number of hydrogen-bond acceptors (Lipinski definition) is 3. The van der Waals surface area contributed by atoms with Crippen molar-refractivity contribution in [2.75, 3.05) is 26.2 Å². The van der Waals surface area contributed by atoms with Crippen molar-refractivity contribution in [3.8, 4) is 0 Å². The molecule has 3 heteroatoms. The van der Waals surface area contributed by atoms with Crippen LogP contribution < -0.4 is 5.32 Å². The second kappa shape index (κ2) is 6.95. The van der Waals surface area contributed by atoms with E-state index >= 15 is 0 Å². The molecule has 0 radical (unpaired) electrons. The molecule has 2 atom stereocenters. The van der Waals surface area contributed by atoms with Crippen LogP contribution >= 0.6 is 0 Å². The normalized spacial score (nSPS) is 25.4. The zero-order valence-corrected chi connectivity index (χ0v) is 11.7. The molecule has 1 saturated heterocycles. The van der Waals surface area contributed by atoms with Crippen LogP contribution in [0.25, 0.3) is 0 Å². The summed E-state index contributed by atoms with van der Waals surface area (Å²) in [4.78, 5) is 2.57. The van der Waals surface area contributed by atoms with Crippen LogP contribution in [0.15, 0.2) is 22.8 Å². The van der Waals surface area contributed by atoms with Crippen molar-refractivity contribution >= 4 is 0 Å². The van der Waals surface area contributed by atoms with Gasteiger partial charge < -0.3 is 14.6 Å². The van der Waals surface area contributed by atoms with Crippen LogP contribution in [-0.4, -0.2) is 37.1 Å². The van der Waals surface area contributed by atoms with Crippen LogP contribution in [0.5, 0.6) is 0 Å². The molecule has 1 fully saturated rings. The number of nitrogens with zero attached hydrogens (tertiary/aromatic N) is 1. The molecule has 0 spiro atoms. The Morgan fingerprint density at radius 3 is 3.06 bits per heavy atom. The van der Waals surface area contributed by atoms with E-state index in [2.05, 4.69) is 30.1 Å². The standard InChI is InChI=1S/C15H26N2O/c1-3-8-16-15-7-10-17(12-13(15)2)9-6-14-5-4-11-18-14/h4-5,11,13,15-16H,3,6-10,12H2,1-2H3. The quantitative estimate of drug-likeness (QED) is 0.841. The number of furan rings is 1. The first-order valence-corrected chi connectivity index (χ1v) is 7.27. The Bertz CT molecular complexity index is 323. The highest BCUT2D eigenvalue weighted by Crippen LogP contribution is 2.17. The van der Waals surface area contributed by atoms with E-state index in [1.807, 2.05) is 6.07 Å². The lowest BCUT2D eigenvalue weighted by atomic mass is 9.93. The van der Waals surface area contributed by atoms with Gasteiger partial charge in [-0.05, 0) is 44.0 Å². The first-order valence-electron chi connectivity index (χ1n) is 7.27. The molecule has 0 bridgehead atoms. The summed E-state index contributed by atoms with van der Waals surface area (Å²) in [5.74, 6) is 1.86. The van der Waals surface area contributed by atoms with Gasteiger partial charge in [0.15, 0.2) is 0 Å². The minimum atomic E-state index is 0.713. The van der Waals surface area contributed by atoms with Crippen molar-refractivity contribution in [2.24, 2.45) is 5.92 Å². The van der Waals surface area contributed by atoms with Crippen LogP contribution in [0, 0.1) is 5.92 Å². The maximum Gasteiger partial charge on any atom is 0.105 e. The van der Waals surface area contributed by atoms with Crippen molar-refractivity contribution in [3.63, 3.8) is 0 Å². The van der Waals surface area contributed by atoms with Gasteiger partial charge in [0.1, 0.15) is 5.76 Å². The lowest BCUT2D eigenvalue weighted by Crippen LogP contribution is -2.48. The zero-order chi connectivity index (χ0) is 12.8. The molecule has 18 heavy (non-hydrogen) atoms. The highest BCUT2D eigenvalue weighted by molar-refractivity contribution is 4.98. The Morgan fingerprint density at radius 2 is 2.39 bits per heavy atom. The molecule has 0 amide bonds. The Kier molecular flexibility index (Phi) is 5.26. The van der Waals surface area contributed by atoms with E-state index in [1.54, 1.807) is 6.26 Å². The third kappa shape index (κ3) is 3.85. The summed E-state index contributed by atoms with van der Waals surface area (Å²) in [5, 5.41) is 3.67. The van der Waals surface area contributed by atoms with E-state index in [1.165, 1.54) is 25.9 Å². The van der Waals surface area contributed by atoms with Crippen LogP contribution in [-0.2, 0) is 6.42 Å². The fourth-order valence-corrected chi connectivity index (χ4v) is 2.79. The lowest BCUT2D eigenvalue weighted by molar-refractivity contribution is 0.147. The highest BCUT2D eigenvalue weighted by atomic mass is 16.3. The predicted molar refractivity (Wildman–Crippen MR) is 74.7 cm³/mol. The maximum atomic E-state index is 5.39. The van der Waals surface area contributed by atoms with Gasteiger partial charge in [-0.3, -0.25) is 0 Å². The summed E-state index contributed by atoms with van der Waals surface area (Å²) < 4.78 is 5.39. The fourth-order valence-electron chi connectivity index (χ4n) is 2.79. The fraction of sp³-hybridized carbons (Fsp3) is 0.733. The first-order chi connectivity index (χ1) is 8.79. The van der Waals surface area contributed by atoms with Crippen molar-refractivity contribution in [2.45, 2.75) is 39.2 Å². The third-order valence-corrected chi connectivity index (χ3v) is 3.90. The molecule has 102 valence electrons. The Balaban J connectivity index is 1.70. The van der Waals surface area contributed by atoms with Gasteiger partial charge in [-0.15, -0.1) is 0 Å². The minimum Gasteiger partial charge on any atom is -0.469 e. The van der Waals surface area contributed by atoms with Crippen molar-refractivity contribution in [1.29, 1.82) is 0 Å². The molecular weight excluding hydrogens is 224 g/mol. The van der Waals surface area contributed by atoms with Crippen molar-refractivity contribution < 1.29 is 4.42 Å². The van der Waals surface area contributed by atoms with Gasteiger partial charge in [0.05, 0.1) is 6.26 Å². The average Bonchev–Trinajstić information content (AvgIpc) is 2.88. The number of hydrogen-bond donors (Lipinski definition) is 1. The maximum absolute atomic E-state index is 5.39. The van der Waals surface area contributed by atoms with Crippen LogP contribution in [0.1, 0.15) is 32.4 Å². The van der Waals surface area contributed by atoms with Crippen molar-refractivity contribution in [1.82, 2.24) is 10.2 Å². The minimum absolute atomic E-state index is 0.713. The molecule has 1 aromatic rings. The zero-order valence-electron chi connectivity index (χ0n) is 11.7. The summed E-state index contributed by atoms with van der Waals surface area (Å²) in [6.07, 6.45) is 5.30. The third-order valence-electron chi connectivity index (χ3n) is 3.90. The number of rotatable bonds is 6. The highest BCUT2D eigenvalue weighted by Gasteiger charge is 2.25. The first kappa shape index (κ1) is 13.6. The van der Waals surface area contributed by atoms with E-state index in [9.17, 15) is 0 Å². The molecule has 0 aromatic carbocycles. The van der Waals surface area contributed by atoms with E-state index in [-0.39, 0.29) is 0 Å². The molecular formula is C15H26N2O. The second-order valence-corrected chi connectivity index (χ2v) is 5.46. The molecule has 1 aromatic heterocycles. The molecule has 1 aliphatic rings. The van der Waals surface area contributed by atoms with Crippen LogP contribution in [0.3, 0.4) is 0 Å². The average molecular weight is 250 g/mol. The molecule has 0 saturated carbocycles. The van der Waals surface area contributed by atoms with Gasteiger partial charge >= 0.3 is 0 Å². The summed E-state index contributed by atoms with van der Waals surface area (Å²) in [6.45, 7) is 9.30. The van der Waals surface area contributed by atoms with Gasteiger partial charge in [0.25, 0.3) is 0 Å². The molecule has 2 rings (SSSR count). The van der Waals surface area contributed by atoms with Crippen molar-refractivity contribution in [3.05, 3.63) is 24.2 Å². The Morgan fingerprint density at radius 1 is 1.50 bits per heavy atom. The van der Waals surface area contributed by atoms with Gasteiger partial charge in [0.2, 0.25) is 0 Å². The van der Waals surface area contributed by atoms with E-state index < -0.39 is 0 Å². The number of nitrogens with one attached hydrogen (secondary N) is 1. The summed E-state index contributed by atoms with van der Waals surface area (Å²) >= 11 is 0.